The minimum Gasteiger partial charge on any atom is -0.319 e. The minimum atomic E-state index is 0.213. The van der Waals surface area contributed by atoms with Crippen LogP contribution in [-0.2, 0) is 24.8 Å². The van der Waals surface area contributed by atoms with Crippen LogP contribution in [0.15, 0.2) is 36.7 Å². The van der Waals surface area contributed by atoms with E-state index in [2.05, 4.69) is 54.8 Å². The lowest BCUT2D eigenvalue weighted by Gasteiger charge is -2.39. The zero-order chi connectivity index (χ0) is 14.7. The molecule has 1 unspecified atom stereocenters. The molecule has 0 spiro atoms. The van der Waals surface area contributed by atoms with Gasteiger partial charge in [-0.15, -0.1) is 0 Å². The zero-order valence-corrected chi connectivity index (χ0v) is 13.1. The van der Waals surface area contributed by atoms with E-state index in [1.54, 1.807) is 0 Å². The third-order valence-corrected chi connectivity index (χ3v) is 4.76. The summed E-state index contributed by atoms with van der Waals surface area (Å²) in [6.07, 6.45) is 9.07. The van der Waals surface area contributed by atoms with Gasteiger partial charge in [0.1, 0.15) is 0 Å². The van der Waals surface area contributed by atoms with Crippen molar-refractivity contribution in [2.45, 2.75) is 44.6 Å². The van der Waals surface area contributed by atoms with Gasteiger partial charge in [-0.05, 0) is 56.3 Å². The lowest BCUT2D eigenvalue weighted by Crippen LogP contribution is -2.41. The maximum Gasteiger partial charge on any atom is 0.0522 e. The minimum absolute atomic E-state index is 0.213. The number of hydrogen-bond acceptors (Lipinski definition) is 2. The monoisotopic (exact) mass is 283 g/mol. The summed E-state index contributed by atoms with van der Waals surface area (Å²) >= 11 is 0. The van der Waals surface area contributed by atoms with Gasteiger partial charge in [0.25, 0.3) is 0 Å². The third-order valence-electron chi connectivity index (χ3n) is 4.76. The SMILES string of the molecule is CCn1cc(CC2(CNC)CCCc3ccccc32)cn1. The fourth-order valence-electron chi connectivity index (χ4n) is 3.84. The molecular weight excluding hydrogens is 258 g/mol. The summed E-state index contributed by atoms with van der Waals surface area (Å²) in [5, 5.41) is 7.88. The van der Waals surface area contributed by atoms with Gasteiger partial charge in [0, 0.05) is 24.7 Å². The maximum absolute atomic E-state index is 4.44. The Morgan fingerprint density at radius 3 is 2.95 bits per heavy atom. The highest BCUT2D eigenvalue weighted by Crippen LogP contribution is 2.39. The highest BCUT2D eigenvalue weighted by atomic mass is 15.3. The van der Waals surface area contributed by atoms with Gasteiger partial charge >= 0.3 is 0 Å². The molecule has 0 fully saturated rings. The second-order valence-corrected chi connectivity index (χ2v) is 6.20. The zero-order valence-electron chi connectivity index (χ0n) is 13.1. The van der Waals surface area contributed by atoms with Gasteiger partial charge in [0.2, 0.25) is 0 Å². The molecule has 3 heteroatoms. The molecule has 1 aliphatic carbocycles. The van der Waals surface area contributed by atoms with Crippen LogP contribution in [0, 0.1) is 0 Å². The second kappa shape index (κ2) is 6.02. The fraction of sp³-hybridized carbons (Fsp3) is 0.500. The van der Waals surface area contributed by atoms with Crippen LogP contribution in [0.3, 0.4) is 0 Å². The number of aromatic nitrogens is 2. The van der Waals surface area contributed by atoms with Crippen molar-refractivity contribution < 1.29 is 0 Å². The van der Waals surface area contributed by atoms with E-state index in [1.165, 1.54) is 36.0 Å². The number of nitrogens with one attached hydrogen (secondary N) is 1. The van der Waals surface area contributed by atoms with Gasteiger partial charge in [0.05, 0.1) is 6.20 Å². The molecule has 1 N–H and O–H groups in total. The quantitative estimate of drug-likeness (QED) is 0.914. The second-order valence-electron chi connectivity index (χ2n) is 6.20. The molecule has 1 aromatic heterocycles. The Hall–Kier alpha value is -1.61. The summed E-state index contributed by atoms with van der Waals surface area (Å²) in [5.74, 6) is 0. The molecule has 3 rings (SSSR count). The van der Waals surface area contributed by atoms with Crippen LogP contribution in [0.25, 0.3) is 0 Å². The molecule has 0 saturated heterocycles. The predicted octanol–water partition coefficient (Wildman–Crippen LogP) is 2.94. The lowest BCUT2D eigenvalue weighted by molar-refractivity contribution is 0.345. The molecular formula is C18H25N3. The highest BCUT2D eigenvalue weighted by Gasteiger charge is 2.36. The molecule has 0 saturated carbocycles. The van der Waals surface area contributed by atoms with Gasteiger partial charge in [-0.1, -0.05) is 24.3 Å². The average Bonchev–Trinajstić information content (AvgIpc) is 2.95. The highest BCUT2D eigenvalue weighted by molar-refractivity contribution is 5.38. The number of likely N-dealkylation sites (N-methyl/N-ethyl adjacent to an activating group) is 1. The number of benzene rings is 1. The van der Waals surface area contributed by atoms with Crippen LogP contribution in [0.1, 0.15) is 36.5 Å². The van der Waals surface area contributed by atoms with Crippen LogP contribution in [0.4, 0.5) is 0 Å². The van der Waals surface area contributed by atoms with Crippen molar-refractivity contribution in [2.24, 2.45) is 0 Å². The molecule has 0 amide bonds. The van der Waals surface area contributed by atoms with E-state index in [9.17, 15) is 0 Å². The van der Waals surface area contributed by atoms with Crippen molar-refractivity contribution in [2.75, 3.05) is 13.6 Å². The van der Waals surface area contributed by atoms with Gasteiger partial charge < -0.3 is 5.32 Å². The molecule has 2 aromatic rings. The topological polar surface area (TPSA) is 29.9 Å². The Kier molecular flexibility index (Phi) is 4.11. The molecule has 1 aliphatic rings. The normalized spacial score (nSPS) is 21.2. The molecule has 1 heterocycles. The van der Waals surface area contributed by atoms with Crippen molar-refractivity contribution in [3.8, 4) is 0 Å². The van der Waals surface area contributed by atoms with Gasteiger partial charge in [-0.3, -0.25) is 4.68 Å². The fourth-order valence-corrected chi connectivity index (χ4v) is 3.84. The Labute approximate surface area is 127 Å². The number of hydrogen-bond donors (Lipinski definition) is 1. The number of rotatable bonds is 5. The van der Waals surface area contributed by atoms with Gasteiger partial charge in [-0.25, -0.2) is 0 Å². The summed E-state index contributed by atoms with van der Waals surface area (Å²) in [6.45, 7) is 4.10. The van der Waals surface area contributed by atoms with Crippen LogP contribution in [0.5, 0.6) is 0 Å². The molecule has 3 nitrogen and oxygen atoms in total. The third kappa shape index (κ3) is 2.75. The molecule has 1 atom stereocenters. The van der Waals surface area contributed by atoms with E-state index in [4.69, 9.17) is 0 Å². The van der Waals surface area contributed by atoms with Crippen molar-refractivity contribution >= 4 is 0 Å². The first-order chi connectivity index (χ1) is 10.3. The van der Waals surface area contributed by atoms with Crippen molar-refractivity contribution in [1.82, 2.24) is 15.1 Å². The van der Waals surface area contributed by atoms with Crippen molar-refractivity contribution in [3.63, 3.8) is 0 Å². The van der Waals surface area contributed by atoms with Crippen LogP contribution < -0.4 is 5.32 Å². The van der Waals surface area contributed by atoms with Gasteiger partial charge in [0.15, 0.2) is 0 Å². The van der Waals surface area contributed by atoms with E-state index >= 15 is 0 Å². The number of fused-ring (bicyclic) bond motifs is 1. The summed E-state index contributed by atoms with van der Waals surface area (Å²) in [6, 6.07) is 8.98. The van der Waals surface area contributed by atoms with Crippen LogP contribution in [-0.4, -0.2) is 23.4 Å². The standard InChI is InChI=1S/C18H25N3/c1-3-21-13-15(12-20-21)11-18(14-19-2)10-6-8-16-7-4-5-9-17(16)18/h4-5,7,9,12-13,19H,3,6,8,10-11,14H2,1-2H3. The van der Waals surface area contributed by atoms with Gasteiger partial charge in [-0.2, -0.15) is 5.10 Å². The van der Waals surface area contributed by atoms with E-state index in [1.807, 2.05) is 10.9 Å². The summed E-state index contributed by atoms with van der Waals surface area (Å²) in [5.41, 5.74) is 4.63. The van der Waals surface area contributed by atoms with E-state index in [0.717, 1.165) is 19.5 Å². The van der Waals surface area contributed by atoms with Crippen molar-refractivity contribution in [3.05, 3.63) is 53.3 Å². The molecule has 0 bridgehead atoms. The molecule has 0 aliphatic heterocycles. The Morgan fingerprint density at radius 2 is 2.19 bits per heavy atom. The predicted molar refractivity (Wildman–Crippen MR) is 86.6 cm³/mol. The first-order valence-corrected chi connectivity index (χ1v) is 8.02. The first kappa shape index (κ1) is 14.3. The average molecular weight is 283 g/mol. The Morgan fingerprint density at radius 1 is 1.33 bits per heavy atom. The van der Waals surface area contributed by atoms with Crippen molar-refractivity contribution in [1.29, 1.82) is 0 Å². The first-order valence-electron chi connectivity index (χ1n) is 8.02. The maximum atomic E-state index is 4.44. The summed E-state index contributed by atoms with van der Waals surface area (Å²) < 4.78 is 2.02. The lowest BCUT2D eigenvalue weighted by atomic mass is 9.67. The number of aryl methyl sites for hydroxylation is 2. The van der Waals surface area contributed by atoms with Crippen LogP contribution in [0.2, 0.25) is 0 Å². The van der Waals surface area contributed by atoms with Crippen LogP contribution >= 0.6 is 0 Å². The molecule has 0 radical (unpaired) electrons. The Bertz CT molecular complexity index is 602. The summed E-state index contributed by atoms with van der Waals surface area (Å²) in [7, 11) is 2.06. The number of nitrogens with zero attached hydrogens (tertiary/aromatic N) is 2. The summed E-state index contributed by atoms with van der Waals surface area (Å²) in [4.78, 5) is 0. The molecule has 112 valence electrons. The van der Waals surface area contributed by atoms with E-state index < -0.39 is 0 Å². The largest absolute Gasteiger partial charge is 0.319 e. The van der Waals surface area contributed by atoms with E-state index in [-0.39, 0.29) is 5.41 Å². The van der Waals surface area contributed by atoms with E-state index in [0.29, 0.717) is 0 Å². The molecule has 21 heavy (non-hydrogen) atoms. The Balaban J connectivity index is 1.97. The molecule has 1 aromatic carbocycles. The smallest absolute Gasteiger partial charge is 0.0522 e.